The van der Waals surface area contributed by atoms with Gasteiger partial charge in [-0.2, -0.15) is 0 Å². The van der Waals surface area contributed by atoms with E-state index in [9.17, 15) is 0 Å². The Hall–Kier alpha value is -1.17. The molecule has 96 valence electrons. The van der Waals surface area contributed by atoms with Crippen LogP contribution >= 0.6 is 0 Å². The summed E-state index contributed by atoms with van der Waals surface area (Å²) >= 11 is 0. The van der Waals surface area contributed by atoms with Crippen molar-refractivity contribution in [2.45, 2.75) is 32.7 Å². The molecule has 0 aliphatic carbocycles. The Morgan fingerprint density at radius 2 is 2.35 bits per heavy atom. The van der Waals surface area contributed by atoms with Crippen molar-refractivity contribution in [3.63, 3.8) is 0 Å². The number of nitrogens with zero attached hydrogens (tertiary/aromatic N) is 5. The van der Waals surface area contributed by atoms with Crippen LogP contribution in [0.3, 0.4) is 0 Å². The van der Waals surface area contributed by atoms with Crippen molar-refractivity contribution < 1.29 is 0 Å². The molecule has 0 bridgehead atoms. The average Bonchev–Trinajstić information content (AvgIpc) is 2.73. The molecule has 2 heterocycles. The number of hydrogen-bond donors (Lipinski definition) is 1. The highest BCUT2D eigenvalue weighted by Crippen LogP contribution is 2.17. The summed E-state index contributed by atoms with van der Waals surface area (Å²) in [5.74, 6) is 1.56. The molecule has 1 aliphatic heterocycles. The van der Waals surface area contributed by atoms with Crippen molar-refractivity contribution in [3.05, 3.63) is 0 Å². The fraction of sp³-hybridized carbons (Fsp3) is 0.909. The van der Waals surface area contributed by atoms with Crippen LogP contribution in [0, 0.1) is 5.92 Å². The van der Waals surface area contributed by atoms with Gasteiger partial charge in [0.2, 0.25) is 5.95 Å². The van der Waals surface area contributed by atoms with Gasteiger partial charge in [-0.05, 0) is 56.1 Å². The molecule has 1 aromatic rings. The number of nitrogens with one attached hydrogen (secondary N) is 1. The normalized spacial score (nSPS) is 20.8. The molecule has 2 rings (SSSR count). The maximum Gasteiger partial charge on any atom is 0.245 e. The van der Waals surface area contributed by atoms with Crippen molar-refractivity contribution in [1.29, 1.82) is 0 Å². The molecule has 6 nitrogen and oxygen atoms in total. The maximum atomic E-state index is 4.11. The van der Waals surface area contributed by atoms with Gasteiger partial charge in [-0.15, -0.1) is 0 Å². The zero-order valence-electron chi connectivity index (χ0n) is 10.9. The zero-order valence-corrected chi connectivity index (χ0v) is 10.9. The number of aryl methyl sites for hydroxylation is 1. The fourth-order valence-electron chi connectivity index (χ4n) is 2.35. The Bertz CT molecular complexity index is 341. The lowest BCUT2D eigenvalue weighted by atomic mass is 9.99. The van der Waals surface area contributed by atoms with Gasteiger partial charge in [0.15, 0.2) is 0 Å². The molecule has 0 radical (unpaired) electrons. The van der Waals surface area contributed by atoms with E-state index in [2.05, 4.69) is 39.6 Å². The van der Waals surface area contributed by atoms with Gasteiger partial charge in [-0.1, -0.05) is 5.10 Å². The number of anilines is 1. The van der Waals surface area contributed by atoms with Crippen LogP contribution in [0.2, 0.25) is 0 Å². The van der Waals surface area contributed by atoms with Crippen LogP contribution in [0.1, 0.15) is 26.7 Å². The first-order chi connectivity index (χ1) is 8.18. The monoisotopic (exact) mass is 238 g/mol. The van der Waals surface area contributed by atoms with Crippen LogP contribution in [-0.2, 0) is 7.05 Å². The number of rotatable bonds is 4. The summed E-state index contributed by atoms with van der Waals surface area (Å²) in [6.07, 6.45) is 2.56. The van der Waals surface area contributed by atoms with Gasteiger partial charge in [0.05, 0.1) is 0 Å². The molecule has 1 unspecified atom stereocenters. The van der Waals surface area contributed by atoms with E-state index in [1.165, 1.54) is 12.8 Å². The van der Waals surface area contributed by atoms with E-state index < -0.39 is 0 Å². The van der Waals surface area contributed by atoms with Crippen molar-refractivity contribution in [1.82, 2.24) is 25.5 Å². The number of hydrogen-bond acceptors (Lipinski definition) is 5. The molecule has 0 aromatic carbocycles. The molecule has 0 amide bonds. The lowest BCUT2D eigenvalue weighted by Gasteiger charge is -2.32. The summed E-state index contributed by atoms with van der Waals surface area (Å²) in [7, 11) is 1.89. The Morgan fingerprint density at radius 3 is 2.88 bits per heavy atom. The van der Waals surface area contributed by atoms with Gasteiger partial charge < -0.3 is 10.2 Å². The number of piperidine rings is 1. The van der Waals surface area contributed by atoms with E-state index >= 15 is 0 Å². The van der Waals surface area contributed by atoms with E-state index in [0.29, 0.717) is 12.0 Å². The molecule has 0 saturated carbocycles. The topological polar surface area (TPSA) is 58.9 Å². The third kappa shape index (κ3) is 2.94. The van der Waals surface area contributed by atoms with Crippen LogP contribution in [-0.4, -0.2) is 45.9 Å². The molecule has 0 spiro atoms. The third-order valence-corrected chi connectivity index (χ3v) is 3.33. The van der Waals surface area contributed by atoms with Gasteiger partial charge in [0.1, 0.15) is 0 Å². The van der Waals surface area contributed by atoms with Crippen LogP contribution in [0.25, 0.3) is 0 Å². The molecule has 1 saturated heterocycles. The standard InChI is InChI=1S/C11H22N6/c1-9(2)17(11-13-14-15-16(11)3)8-10-5-4-6-12-7-10/h9-10,12H,4-8H2,1-3H3. The highest BCUT2D eigenvalue weighted by molar-refractivity contribution is 5.29. The Balaban J connectivity index is 2.05. The molecule has 1 atom stereocenters. The SMILES string of the molecule is CC(C)N(CC1CCCNC1)c1nnnn1C. The second kappa shape index (κ2) is 5.44. The molecule has 1 aromatic heterocycles. The van der Waals surface area contributed by atoms with E-state index in [4.69, 9.17) is 0 Å². The van der Waals surface area contributed by atoms with Gasteiger partial charge in [0, 0.05) is 19.6 Å². The molecule has 1 N–H and O–H groups in total. The minimum Gasteiger partial charge on any atom is -0.337 e. The summed E-state index contributed by atoms with van der Waals surface area (Å²) in [6.45, 7) is 7.66. The predicted octanol–water partition coefficient (Wildman–Crippen LogP) is 0.424. The van der Waals surface area contributed by atoms with Gasteiger partial charge in [0.25, 0.3) is 0 Å². The second-order valence-electron chi connectivity index (χ2n) is 5.06. The van der Waals surface area contributed by atoms with Crippen LogP contribution in [0.4, 0.5) is 5.95 Å². The lowest BCUT2D eigenvalue weighted by molar-refractivity contribution is 0.368. The molecule has 1 aliphatic rings. The van der Waals surface area contributed by atoms with E-state index in [1.807, 2.05) is 7.05 Å². The van der Waals surface area contributed by atoms with Crippen molar-refractivity contribution in [3.8, 4) is 0 Å². The predicted molar refractivity (Wildman–Crippen MR) is 66.9 cm³/mol. The van der Waals surface area contributed by atoms with Gasteiger partial charge in [-0.3, -0.25) is 0 Å². The van der Waals surface area contributed by atoms with E-state index in [1.54, 1.807) is 4.68 Å². The number of aromatic nitrogens is 4. The summed E-state index contributed by atoms with van der Waals surface area (Å²) < 4.78 is 1.75. The maximum absolute atomic E-state index is 4.11. The summed E-state index contributed by atoms with van der Waals surface area (Å²) in [5.41, 5.74) is 0. The highest BCUT2D eigenvalue weighted by atomic mass is 15.6. The first kappa shape index (κ1) is 12.3. The van der Waals surface area contributed by atoms with Crippen molar-refractivity contribution in [2.24, 2.45) is 13.0 Å². The van der Waals surface area contributed by atoms with Gasteiger partial charge >= 0.3 is 0 Å². The average molecular weight is 238 g/mol. The lowest BCUT2D eigenvalue weighted by Crippen LogP contribution is -2.42. The van der Waals surface area contributed by atoms with E-state index in [0.717, 1.165) is 25.6 Å². The minimum atomic E-state index is 0.418. The number of tetrazole rings is 1. The molecular formula is C11H22N6. The Morgan fingerprint density at radius 1 is 1.53 bits per heavy atom. The fourth-order valence-corrected chi connectivity index (χ4v) is 2.35. The Labute approximate surface area is 102 Å². The van der Waals surface area contributed by atoms with Crippen LogP contribution in [0.5, 0.6) is 0 Å². The molecule has 6 heteroatoms. The van der Waals surface area contributed by atoms with Crippen LogP contribution < -0.4 is 10.2 Å². The summed E-state index contributed by atoms with van der Waals surface area (Å²) in [6, 6.07) is 0.418. The van der Waals surface area contributed by atoms with Gasteiger partial charge in [-0.25, -0.2) is 4.68 Å². The summed E-state index contributed by atoms with van der Waals surface area (Å²) in [4.78, 5) is 2.29. The molecular weight excluding hydrogens is 216 g/mol. The Kier molecular flexibility index (Phi) is 3.93. The third-order valence-electron chi connectivity index (χ3n) is 3.33. The molecule has 17 heavy (non-hydrogen) atoms. The van der Waals surface area contributed by atoms with Crippen molar-refractivity contribution >= 4 is 5.95 Å². The largest absolute Gasteiger partial charge is 0.337 e. The van der Waals surface area contributed by atoms with E-state index in [-0.39, 0.29) is 0 Å². The minimum absolute atomic E-state index is 0.418. The zero-order chi connectivity index (χ0) is 12.3. The second-order valence-corrected chi connectivity index (χ2v) is 5.06. The smallest absolute Gasteiger partial charge is 0.245 e. The molecule has 1 fully saturated rings. The highest BCUT2D eigenvalue weighted by Gasteiger charge is 2.22. The van der Waals surface area contributed by atoms with Crippen LogP contribution in [0.15, 0.2) is 0 Å². The first-order valence-electron chi connectivity index (χ1n) is 6.38. The first-order valence-corrected chi connectivity index (χ1v) is 6.38. The van der Waals surface area contributed by atoms with Crippen molar-refractivity contribution in [2.75, 3.05) is 24.5 Å². The summed E-state index contributed by atoms with van der Waals surface area (Å²) in [5, 5.41) is 15.2. The quantitative estimate of drug-likeness (QED) is 0.824.